The first kappa shape index (κ1) is 19.8. The van der Waals surface area contributed by atoms with Crippen molar-refractivity contribution in [3.63, 3.8) is 0 Å². The number of hydrogen-bond acceptors (Lipinski definition) is 4. The molecule has 30 heavy (non-hydrogen) atoms. The van der Waals surface area contributed by atoms with Crippen molar-refractivity contribution in [3.05, 3.63) is 83.1 Å². The van der Waals surface area contributed by atoms with Gasteiger partial charge in [0, 0.05) is 30.0 Å². The minimum absolute atomic E-state index is 0.0759. The Hall–Kier alpha value is -3.47. The fourth-order valence-electron chi connectivity index (χ4n) is 4.22. The van der Waals surface area contributed by atoms with Gasteiger partial charge in [0.2, 0.25) is 5.91 Å². The highest BCUT2D eigenvalue weighted by atomic mass is 16.5. The van der Waals surface area contributed by atoms with Crippen molar-refractivity contribution in [1.82, 2.24) is 0 Å². The van der Waals surface area contributed by atoms with Crippen LogP contribution in [0.25, 0.3) is 6.08 Å². The van der Waals surface area contributed by atoms with E-state index in [4.69, 9.17) is 4.74 Å². The van der Waals surface area contributed by atoms with E-state index in [2.05, 4.69) is 0 Å². The zero-order valence-corrected chi connectivity index (χ0v) is 16.8. The number of nitrogens with zero attached hydrogens (tertiary/aromatic N) is 1. The molecule has 0 aromatic heterocycles. The highest BCUT2D eigenvalue weighted by Crippen LogP contribution is 2.40. The highest BCUT2D eigenvalue weighted by Gasteiger charge is 2.39. The summed E-state index contributed by atoms with van der Waals surface area (Å²) in [7, 11) is 1.32. The number of ketones is 1. The maximum absolute atomic E-state index is 13.2. The number of benzene rings is 2. The van der Waals surface area contributed by atoms with Gasteiger partial charge in [0.05, 0.1) is 18.4 Å². The Kier molecular flexibility index (Phi) is 5.61. The quantitative estimate of drug-likeness (QED) is 0.706. The number of esters is 1. The molecule has 1 aliphatic heterocycles. The Balaban J connectivity index is 1.79. The molecule has 1 unspecified atom stereocenters. The molecule has 1 atom stereocenters. The lowest BCUT2D eigenvalue weighted by molar-refractivity contribution is -0.120. The second-order valence-electron chi connectivity index (χ2n) is 7.46. The van der Waals surface area contributed by atoms with Crippen LogP contribution >= 0.6 is 0 Å². The van der Waals surface area contributed by atoms with Crippen LogP contribution < -0.4 is 4.90 Å². The fourth-order valence-corrected chi connectivity index (χ4v) is 4.22. The van der Waals surface area contributed by atoms with E-state index in [-0.39, 0.29) is 24.0 Å². The third-order valence-electron chi connectivity index (χ3n) is 5.58. The number of anilines is 1. The lowest BCUT2D eigenvalue weighted by atomic mass is 9.80. The maximum Gasteiger partial charge on any atom is 0.339 e. The number of para-hydroxylation sites is 1. The second kappa shape index (κ2) is 8.49. The van der Waals surface area contributed by atoms with E-state index in [0.717, 1.165) is 5.56 Å². The van der Waals surface area contributed by atoms with Crippen molar-refractivity contribution in [2.45, 2.75) is 25.7 Å². The smallest absolute Gasteiger partial charge is 0.339 e. The van der Waals surface area contributed by atoms with Gasteiger partial charge >= 0.3 is 5.97 Å². The number of Topliss-reactive ketones (excluding diaryl/α,β-unsaturated/α-hetero) is 1. The molecule has 2 aliphatic rings. The Morgan fingerprint density at radius 2 is 1.77 bits per heavy atom. The number of rotatable bonds is 4. The Labute approximate surface area is 175 Å². The van der Waals surface area contributed by atoms with Crippen LogP contribution in [0.2, 0.25) is 0 Å². The number of carbonyl (C=O) groups excluding carboxylic acids is 3. The van der Waals surface area contributed by atoms with Gasteiger partial charge < -0.3 is 4.74 Å². The summed E-state index contributed by atoms with van der Waals surface area (Å²) in [6.07, 6.45) is 5.89. The molecule has 0 radical (unpaired) electrons. The average molecular weight is 401 g/mol. The molecule has 0 bridgehead atoms. The molecule has 152 valence electrons. The number of carbonyl (C=O) groups is 3. The van der Waals surface area contributed by atoms with E-state index in [1.54, 1.807) is 29.2 Å². The fraction of sp³-hybridized carbons (Fsp3) is 0.240. The molecule has 0 saturated heterocycles. The van der Waals surface area contributed by atoms with Gasteiger partial charge in [-0.15, -0.1) is 0 Å². The molecule has 1 amide bonds. The average Bonchev–Trinajstić information content (AvgIpc) is 2.78. The normalized spacial score (nSPS) is 19.2. The number of methoxy groups -OCH3 is 1. The number of ether oxygens (including phenoxy) is 1. The Morgan fingerprint density at radius 3 is 2.53 bits per heavy atom. The molecule has 5 nitrogen and oxygen atoms in total. The third kappa shape index (κ3) is 3.71. The van der Waals surface area contributed by atoms with Gasteiger partial charge in [-0.05, 0) is 30.5 Å². The molecule has 0 spiro atoms. The lowest BCUT2D eigenvalue weighted by Gasteiger charge is -2.37. The molecule has 4 rings (SSSR count). The molecule has 0 N–H and O–H groups in total. The van der Waals surface area contributed by atoms with Gasteiger partial charge in [-0.25, -0.2) is 4.79 Å². The first-order valence-corrected chi connectivity index (χ1v) is 10.1. The van der Waals surface area contributed by atoms with Crippen molar-refractivity contribution in [3.8, 4) is 0 Å². The first-order valence-electron chi connectivity index (χ1n) is 10.1. The third-order valence-corrected chi connectivity index (χ3v) is 5.58. The SMILES string of the molecule is COC(=O)c1ccccc1N1C(=O)CC(/C=C/c2ccccc2)C2=C1CCCC2=O. The monoisotopic (exact) mass is 401 g/mol. The van der Waals surface area contributed by atoms with Crippen LogP contribution in [-0.4, -0.2) is 24.8 Å². The van der Waals surface area contributed by atoms with E-state index in [1.807, 2.05) is 42.5 Å². The van der Waals surface area contributed by atoms with Crippen molar-refractivity contribution >= 4 is 29.4 Å². The van der Waals surface area contributed by atoms with Crippen LogP contribution in [0, 0.1) is 5.92 Å². The van der Waals surface area contributed by atoms with E-state index in [0.29, 0.717) is 41.8 Å². The summed E-state index contributed by atoms with van der Waals surface area (Å²) in [5, 5.41) is 0. The summed E-state index contributed by atoms with van der Waals surface area (Å²) in [5.74, 6) is -0.814. The van der Waals surface area contributed by atoms with Crippen molar-refractivity contribution in [2.75, 3.05) is 12.0 Å². The highest BCUT2D eigenvalue weighted by molar-refractivity contribution is 6.09. The summed E-state index contributed by atoms with van der Waals surface area (Å²) in [6, 6.07) is 16.7. The van der Waals surface area contributed by atoms with Crippen LogP contribution in [0.4, 0.5) is 5.69 Å². The summed E-state index contributed by atoms with van der Waals surface area (Å²) >= 11 is 0. The largest absolute Gasteiger partial charge is 0.465 e. The van der Waals surface area contributed by atoms with Gasteiger partial charge in [0.25, 0.3) is 0 Å². The molecule has 5 heteroatoms. The van der Waals surface area contributed by atoms with E-state index in [9.17, 15) is 14.4 Å². The first-order chi connectivity index (χ1) is 14.6. The molecule has 1 heterocycles. The minimum Gasteiger partial charge on any atom is -0.465 e. The number of amides is 1. The van der Waals surface area contributed by atoms with Crippen LogP contribution in [0.5, 0.6) is 0 Å². The summed E-state index contributed by atoms with van der Waals surface area (Å²) in [4.78, 5) is 40.0. The molecular formula is C25H23NO4. The zero-order valence-electron chi connectivity index (χ0n) is 16.8. The van der Waals surface area contributed by atoms with Gasteiger partial charge in [0.15, 0.2) is 5.78 Å². The molecular weight excluding hydrogens is 378 g/mol. The van der Waals surface area contributed by atoms with Crippen molar-refractivity contribution < 1.29 is 19.1 Å². The second-order valence-corrected chi connectivity index (χ2v) is 7.46. The molecule has 1 aliphatic carbocycles. The van der Waals surface area contributed by atoms with Crippen molar-refractivity contribution in [1.29, 1.82) is 0 Å². The predicted molar refractivity (Wildman–Crippen MR) is 115 cm³/mol. The summed E-state index contributed by atoms with van der Waals surface area (Å²) < 4.78 is 4.90. The van der Waals surface area contributed by atoms with E-state index in [1.165, 1.54) is 7.11 Å². The van der Waals surface area contributed by atoms with Gasteiger partial charge in [0.1, 0.15) is 0 Å². The van der Waals surface area contributed by atoms with Gasteiger partial charge in [-0.1, -0.05) is 54.6 Å². The number of hydrogen-bond donors (Lipinski definition) is 0. The summed E-state index contributed by atoms with van der Waals surface area (Å²) in [6.45, 7) is 0. The molecule has 0 fully saturated rings. The maximum atomic E-state index is 13.2. The molecule has 0 saturated carbocycles. The van der Waals surface area contributed by atoms with Crippen LogP contribution in [0.3, 0.4) is 0 Å². The van der Waals surface area contributed by atoms with E-state index < -0.39 is 5.97 Å². The topological polar surface area (TPSA) is 63.7 Å². The van der Waals surface area contributed by atoms with Gasteiger partial charge in [-0.3, -0.25) is 14.5 Å². The zero-order chi connectivity index (χ0) is 21.1. The van der Waals surface area contributed by atoms with Crippen LogP contribution in [0.15, 0.2) is 71.9 Å². The number of allylic oxidation sites excluding steroid dienone is 3. The molecule has 2 aromatic rings. The Bertz CT molecular complexity index is 1050. The minimum atomic E-state index is -0.506. The van der Waals surface area contributed by atoms with Crippen LogP contribution in [0.1, 0.15) is 41.6 Å². The standard InChI is InChI=1S/C25H23NO4/c1-30-25(29)19-10-5-6-11-20(19)26-21-12-7-13-22(27)24(21)18(16-23(26)28)15-14-17-8-3-2-4-9-17/h2-6,8-11,14-15,18H,7,12-13,16H2,1H3/b15-14+. The lowest BCUT2D eigenvalue weighted by Crippen LogP contribution is -2.41. The Morgan fingerprint density at radius 1 is 1.03 bits per heavy atom. The predicted octanol–water partition coefficient (Wildman–Crippen LogP) is 4.55. The van der Waals surface area contributed by atoms with Crippen molar-refractivity contribution in [2.24, 2.45) is 5.92 Å². The van der Waals surface area contributed by atoms with Gasteiger partial charge in [-0.2, -0.15) is 0 Å². The molecule has 2 aromatic carbocycles. The summed E-state index contributed by atoms with van der Waals surface area (Å²) in [5.41, 5.74) is 3.21. The van der Waals surface area contributed by atoms with E-state index >= 15 is 0 Å². The van der Waals surface area contributed by atoms with Crippen LogP contribution in [-0.2, 0) is 14.3 Å².